The van der Waals surface area contributed by atoms with E-state index in [1.165, 1.54) is 244 Å². The lowest BCUT2D eigenvalue weighted by molar-refractivity contribution is -0.161. The highest BCUT2D eigenvalue weighted by Crippen LogP contribution is 2.45. The van der Waals surface area contributed by atoms with Crippen molar-refractivity contribution in [2.45, 2.75) is 465 Å². The Morgan fingerprint density at radius 3 is 0.676 bits per heavy atom. The summed E-state index contributed by atoms with van der Waals surface area (Å²) in [6.45, 7) is 14.3. The lowest BCUT2D eigenvalue weighted by Gasteiger charge is -2.21. The molecule has 0 fully saturated rings. The number of esters is 4. The minimum atomic E-state index is -4.97. The summed E-state index contributed by atoms with van der Waals surface area (Å²) >= 11 is 0. The van der Waals surface area contributed by atoms with Gasteiger partial charge in [0.2, 0.25) is 0 Å². The highest BCUT2D eigenvalue weighted by Gasteiger charge is 2.31. The number of aliphatic hydroxyl groups is 1. The second-order valence-corrected chi connectivity index (χ2v) is 35.5. The number of carbonyl (C=O) groups is 4. The third kappa shape index (κ3) is 78.5. The highest BCUT2D eigenvalue weighted by atomic mass is 31.2. The molecule has 0 aromatic rings. The largest absolute Gasteiger partial charge is 0.472 e. The van der Waals surface area contributed by atoms with Crippen LogP contribution in [0.5, 0.6) is 0 Å². The quantitative estimate of drug-likeness (QED) is 0.0222. The van der Waals surface area contributed by atoms with Gasteiger partial charge in [-0.25, -0.2) is 9.13 Å². The summed E-state index contributed by atoms with van der Waals surface area (Å²) in [5.74, 6) is 1.06. The van der Waals surface area contributed by atoms with E-state index in [0.717, 1.165) is 114 Å². The second-order valence-electron chi connectivity index (χ2n) is 32.6. The molecular weight excluding hydrogens is 1370 g/mol. The Morgan fingerprint density at radius 1 is 0.267 bits per heavy atom. The molecule has 0 bridgehead atoms. The van der Waals surface area contributed by atoms with E-state index in [4.69, 9.17) is 37.0 Å². The molecule has 17 nitrogen and oxygen atoms in total. The molecule has 19 heteroatoms. The minimum absolute atomic E-state index is 0.107. The summed E-state index contributed by atoms with van der Waals surface area (Å²) in [7, 11) is -9.93. The van der Waals surface area contributed by atoms with Gasteiger partial charge in [0.05, 0.1) is 26.4 Å². The molecule has 0 saturated heterocycles. The van der Waals surface area contributed by atoms with Gasteiger partial charge >= 0.3 is 39.5 Å². The zero-order chi connectivity index (χ0) is 77.4. The van der Waals surface area contributed by atoms with Gasteiger partial charge in [-0.3, -0.25) is 37.3 Å². The van der Waals surface area contributed by atoms with Crippen LogP contribution in [0.1, 0.15) is 447 Å². The Morgan fingerprint density at radius 2 is 0.457 bits per heavy atom. The predicted octanol–water partition coefficient (Wildman–Crippen LogP) is 25.9. The molecule has 0 amide bonds. The molecule has 105 heavy (non-hydrogen) atoms. The maximum atomic E-state index is 13.1. The van der Waals surface area contributed by atoms with Gasteiger partial charge in [-0.1, -0.05) is 396 Å². The zero-order valence-corrected chi connectivity index (χ0v) is 71.2. The number of ether oxygens (including phenoxy) is 4. The van der Waals surface area contributed by atoms with E-state index < -0.39 is 97.5 Å². The van der Waals surface area contributed by atoms with Crippen LogP contribution in [0.15, 0.2) is 0 Å². The summed E-state index contributed by atoms with van der Waals surface area (Å²) in [4.78, 5) is 73.2. The SMILES string of the molecule is CCC(C)CCCCCCCCCCCCCCCCC(=O)OC[C@H](COP(=O)(O)OCC(O)COP(=O)(O)OC[C@@H](COC(=O)CCCCCCCCCC(C)C)OC(=O)CCCCCCCCCCCCCCCCCC(C)C)OC(=O)CCCCCCCCCCCCCCCCCCC(C)C. The van der Waals surface area contributed by atoms with Gasteiger partial charge in [0, 0.05) is 25.7 Å². The van der Waals surface area contributed by atoms with Crippen LogP contribution in [0.3, 0.4) is 0 Å². The highest BCUT2D eigenvalue weighted by molar-refractivity contribution is 7.47. The van der Waals surface area contributed by atoms with Gasteiger partial charge in [0.25, 0.3) is 0 Å². The van der Waals surface area contributed by atoms with Crippen molar-refractivity contribution in [3.05, 3.63) is 0 Å². The first-order valence-electron chi connectivity index (χ1n) is 44.2. The van der Waals surface area contributed by atoms with E-state index in [1.54, 1.807) is 0 Å². The zero-order valence-electron chi connectivity index (χ0n) is 69.4. The van der Waals surface area contributed by atoms with Crippen molar-refractivity contribution in [1.29, 1.82) is 0 Å². The first-order valence-corrected chi connectivity index (χ1v) is 47.2. The first kappa shape index (κ1) is 103. The van der Waals surface area contributed by atoms with Gasteiger partial charge in [0.1, 0.15) is 19.3 Å². The molecule has 0 aromatic carbocycles. The fourth-order valence-electron chi connectivity index (χ4n) is 13.3. The molecule has 0 saturated carbocycles. The van der Waals surface area contributed by atoms with E-state index in [2.05, 4.69) is 55.4 Å². The Balaban J connectivity index is 5.24. The van der Waals surface area contributed by atoms with Crippen molar-refractivity contribution in [3.8, 4) is 0 Å². The van der Waals surface area contributed by atoms with E-state index in [1.807, 2.05) is 0 Å². The molecule has 0 radical (unpaired) electrons. The van der Waals surface area contributed by atoms with Crippen LogP contribution >= 0.6 is 15.6 Å². The average molecular weight is 1540 g/mol. The van der Waals surface area contributed by atoms with Crippen LogP contribution in [0.2, 0.25) is 0 Å². The fraction of sp³-hybridized carbons (Fsp3) is 0.953. The van der Waals surface area contributed by atoms with E-state index in [-0.39, 0.29) is 25.7 Å². The van der Waals surface area contributed by atoms with Gasteiger partial charge in [0.15, 0.2) is 12.2 Å². The number of hydrogen-bond acceptors (Lipinski definition) is 15. The molecular formula is C86H168O17P2. The smallest absolute Gasteiger partial charge is 0.462 e. The van der Waals surface area contributed by atoms with Gasteiger partial charge in [-0.15, -0.1) is 0 Å². The van der Waals surface area contributed by atoms with Crippen molar-refractivity contribution in [3.63, 3.8) is 0 Å². The number of hydrogen-bond donors (Lipinski definition) is 3. The van der Waals surface area contributed by atoms with Crippen molar-refractivity contribution in [2.75, 3.05) is 39.6 Å². The van der Waals surface area contributed by atoms with E-state index >= 15 is 0 Å². The van der Waals surface area contributed by atoms with E-state index in [9.17, 15) is 43.2 Å². The first-order chi connectivity index (χ1) is 50.6. The molecule has 0 heterocycles. The molecule has 0 spiro atoms. The molecule has 6 atom stereocenters. The van der Waals surface area contributed by atoms with Gasteiger partial charge in [-0.05, 0) is 49.4 Å². The number of unbranched alkanes of at least 4 members (excludes halogenated alkanes) is 48. The molecule has 624 valence electrons. The molecule has 0 aliphatic rings. The summed E-state index contributed by atoms with van der Waals surface area (Å²) in [6, 6.07) is 0. The Bertz CT molecular complexity index is 2040. The van der Waals surface area contributed by atoms with Crippen molar-refractivity contribution in [1.82, 2.24) is 0 Å². The number of carbonyl (C=O) groups excluding carboxylic acids is 4. The summed E-state index contributed by atoms with van der Waals surface area (Å²) in [5, 5.41) is 10.7. The number of phosphoric acid groups is 2. The van der Waals surface area contributed by atoms with Gasteiger partial charge < -0.3 is 33.8 Å². The molecule has 3 N–H and O–H groups in total. The van der Waals surface area contributed by atoms with Crippen molar-refractivity contribution in [2.24, 2.45) is 23.7 Å². The van der Waals surface area contributed by atoms with Gasteiger partial charge in [-0.2, -0.15) is 0 Å². The van der Waals surface area contributed by atoms with Crippen LogP contribution in [0.4, 0.5) is 0 Å². The van der Waals surface area contributed by atoms with Crippen LogP contribution in [0.25, 0.3) is 0 Å². The molecule has 4 unspecified atom stereocenters. The van der Waals surface area contributed by atoms with Crippen molar-refractivity contribution >= 4 is 39.5 Å². The monoisotopic (exact) mass is 1540 g/mol. The molecule has 0 aliphatic heterocycles. The Kier molecular flexibility index (Phi) is 73.4. The second kappa shape index (κ2) is 74.8. The average Bonchev–Trinajstić information content (AvgIpc) is 0.907. The predicted molar refractivity (Wildman–Crippen MR) is 432 cm³/mol. The molecule has 0 aromatic heterocycles. The summed E-state index contributed by atoms with van der Waals surface area (Å²) in [5.41, 5.74) is 0. The third-order valence-electron chi connectivity index (χ3n) is 20.4. The molecule has 0 aliphatic carbocycles. The summed E-state index contributed by atoms with van der Waals surface area (Å²) in [6.07, 6.45) is 63.9. The standard InChI is InChI=1S/C86H168O17P2/c1-9-79(8)65-57-49-41-33-27-21-17-18-22-28-34-42-50-58-66-83(88)96-72-81(102-85(90)68-60-52-43-35-29-23-15-11-10-13-19-25-31-38-46-54-62-76(2)3)74-100-104(92,93)98-70-80(87)71-99-105(94,95)101-75-82(73-97-84(89)67-59-51-45-37-40-48-56-64-78(6)7)103-86(91)69-61-53-44-36-30-24-16-12-14-20-26-32-39-47-55-63-77(4)5/h76-82,87H,9-75H2,1-8H3,(H,92,93)(H,94,95)/t79?,80?,81-,82-/m1/s1. The third-order valence-corrected chi connectivity index (χ3v) is 22.3. The maximum absolute atomic E-state index is 13.1. The minimum Gasteiger partial charge on any atom is -0.462 e. The van der Waals surface area contributed by atoms with Crippen molar-refractivity contribution < 1.29 is 80.2 Å². The Hall–Kier alpha value is -1.94. The van der Waals surface area contributed by atoms with E-state index in [0.29, 0.717) is 31.6 Å². The van der Waals surface area contributed by atoms with Crippen LogP contribution in [-0.4, -0.2) is 96.7 Å². The lowest BCUT2D eigenvalue weighted by atomic mass is 9.99. The van der Waals surface area contributed by atoms with Crippen LogP contribution in [-0.2, 0) is 65.4 Å². The number of phosphoric ester groups is 2. The maximum Gasteiger partial charge on any atom is 0.472 e. The fourth-order valence-corrected chi connectivity index (χ4v) is 14.9. The van der Waals surface area contributed by atoms with Crippen LogP contribution in [0, 0.1) is 23.7 Å². The lowest BCUT2D eigenvalue weighted by Crippen LogP contribution is -2.30. The topological polar surface area (TPSA) is 237 Å². The summed E-state index contributed by atoms with van der Waals surface area (Å²) < 4.78 is 68.9. The number of aliphatic hydroxyl groups excluding tert-OH is 1. The Labute approximate surface area is 645 Å². The van der Waals surface area contributed by atoms with Crippen LogP contribution < -0.4 is 0 Å². The normalized spacial score (nSPS) is 14.2. The molecule has 0 rings (SSSR count). The number of rotatable bonds is 83.